The van der Waals surface area contributed by atoms with Gasteiger partial charge in [-0.3, -0.25) is 9.36 Å². The summed E-state index contributed by atoms with van der Waals surface area (Å²) in [6.07, 6.45) is 2.99. The van der Waals surface area contributed by atoms with Crippen molar-refractivity contribution in [3.63, 3.8) is 0 Å². The molecule has 0 atom stereocenters. The molecule has 0 amide bonds. The van der Waals surface area contributed by atoms with E-state index in [1.54, 1.807) is 4.57 Å². The van der Waals surface area contributed by atoms with E-state index in [1.807, 2.05) is 18.4 Å². The Morgan fingerprint density at radius 3 is 3.00 bits per heavy atom. The number of unbranched alkanes of at least 4 members (excludes halogenated alkanes) is 1. The Hall–Kier alpha value is -1.67. The molecule has 0 N–H and O–H groups in total. The summed E-state index contributed by atoms with van der Waals surface area (Å²) in [5.74, 6) is 1.83. The van der Waals surface area contributed by atoms with Crippen molar-refractivity contribution < 1.29 is 4.52 Å². The molecule has 0 aliphatic carbocycles. The van der Waals surface area contributed by atoms with Crippen LogP contribution in [0.4, 0.5) is 0 Å². The average molecular weight is 350 g/mol. The van der Waals surface area contributed by atoms with Gasteiger partial charge >= 0.3 is 0 Å². The lowest BCUT2D eigenvalue weighted by molar-refractivity contribution is 0.384. The number of fused-ring (bicyclic) bond motifs is 1. The second-order valence-corrected chi connectivity index (χ2v) is 6.93. The molecule has 0 saturated carbocycles. The zero-order chi connectivity index (χ0) is 16.2. The number of nitrogens with zero attached hydrogens (tertiary/aromatic N) is 4. The first-order valence-electron chi connectivity index (χ1n) is 7.65. The Morgan fingerprint density at radius 1 is 1.35 bits per heavy atom. The van der Waals surface area contributed by atoms with Crippen LogP contribution in [0.2, 0.25) is 0 Å². The molecule has 122 valence electrons. The number of aryl methyl sites for hydroxylation is 1. The molecule has 3 heterocycles. The third-order valence-electron chi connectivity index (χ3n) is 3.44. The highest BCUT2D eigenvalue weighted by atomic mass is 32.2. The van der Waals surface area contributed by atoms with Gasteiger partial charge in [-0.05, 0) is 24.8 Å². The number of thioether (sulfide) groups is 1. The van der Waals surface area contributed by atoms with Crippen molar-refractivity contribution in [3.05, 3.63) is 33.5 Å². The van der Waals surface area contributed by atoms with Gasteiger partial charge in [0.15, 0.2) is 11.0 Å². The van der Waals surface area contributed by atoms with E-state index in [9.17, 15) is 4.79 Å². The molecule has 0 spiro atoms. The number of rotatable bonds is 7. The van der Waals surface area contributed by atoms with E-state index >= 15 is 0 Å². The third-order valence-corrected chi connectivity index (χ3v) is 5.29. The molecule has 3 rings (SSSR count). The Morgan fingerprint density at radius 2 is 2.22 bits per heavy atom. The van der Waals surface area contributed by atoms with Gasteiger partial charge in [-0.2, -0.15) is 4.98 Å². The molecule has 6 nitrogen and oxygen atoms in total. The van der Waals surface area contributed by atoms with Crippen LogP contribution in [0.3, 0.4) is 0 Å². The monoisotopic (exact) mass is 350 g/mol. The van der Waals surface area contributed by atoms with Gasteiger partial charge in [0.2, 0.25) is 5.89 Å². The summed E-state index contributed by atoms with van der Waals surface area (Å²) in [7, 11) is 0. The predicted octanol–water partition coefficient (Wildman–Crippen LogP) is 3.50. The van der Waals surface area contributed by atoms with Gasteiger partial charge in [0.1, 0.15) is 4.70 Å². The van der Waals surface area contributed by atoms with Gasteiger partial charge in [-0.1, -0.05) is 30.3 Å². The molecule has 0 aliphatic rings. The number of hydrogen-bond donors (Lipinski definition) is 0. The van der Waals surface area contributed by atoms with E-state index in [0.29, 0.717) is 28.0 Å². The molecule has 0 aromatic carbocycles. The largest absolute Gasteiger partial charge is 0.338 e. The van der Waals surface area contributed by atoms with Crippen LogP contribution in [0.5, 0.6) is 0 Å². The Labute approximate surface area is 141 Å². The molecule has 3 aromatic rings. The average Bonchev–Trinajstić information content (AvgIpc) is 3.20. The topological polar surface area (TPSA) is 73.8 Å². The predicted molar refractivity (Wildman–Crippen MR) is 92.0 cm³/mol. The highest BCUT2D eigenvalue weighted by Gasteiger charge is 2.13. The minimum Gasteiger partial charge on any atom is -0.338 e. The first kappa shape index (κ1) is 16.2. The summed E-state index contributed by atoms with van der Waals surface area (Å²) in [6, 6.07) is 1.88. The number of aromatic nitrogens is 4. The zero-order valence-electron chi connectivity index (χ0n) is 13.1. The van der Waals surface area contributed by atoms with Crippen molar-refractivity contribution in [1.29, 1.82) is 0 Å². The Kier molecular flexibility index (Phi) is 5.12. The summed E-state index contributed by atoms with van der Waals surface area (Å²) in [4.78, 5) is 21.4. The Balaban J connectivity index is 1.78. The molecule has 0 aliphatic heterocycles. The van der Waals surface area contributed by atoms with Crippen LogP contribution in [0.15, 0.2) is 25.9 Å². The minimum absolute atomic E-state index is 0.0177. The van der Waals surface area contributed by atoms with Gasteiger partial charge in [-0.15, -0.1) is 11.3 Å². The Bertz CT molecular complexity index is 853. The first-order chi connectivity index (χ1) is 11.2. The van der Waals surface area contributed by atoms with Crippen molar-refractivity contribution in [1.82, 2.24) is 19.7 Å². The number of thiophene rings is 1. The molecule has 0 radical (unpaired) electrons. The molecule has 3 aromatic heterocycles. The van der Waals surface area contributed by atoms with Crippen molar-refractivity contribution in [2.45, 2.75) is 50.6 Å². The van der Waals surface area contributed by atoms with E-state index < -0.39 is 0 Å². The van der Waals surface area contributed by atoms with E-state index in [4.69, 9.17) is 4.52 Å². The standard InChI is InChI=1S/C15H18N4O2S2/c1-3-5-6-11-17-12(21-18-11)9-23-15-16-10-7-8-22-13(10)14(20)19(15)4-2/h7-8H,3-6,9H2,1-2H3. The van der Waals surface area contributed by atoms with Crippen LogP contribution in [0, 0.1) is 0 Å². The van der Waals surface area contributed by atoms with Crippen LogP contribution in [-0.4, -0.2) is 19.7 Å². The summed E-state index contributed by atoms with van der Waals surface area (Å²) in [5.41, 5.74) is 0.769. The second-order valence-electron chi connectivity index (χ2n) is 5.08. The van der Waals surface area contributed by atoms with Gasteiger partial charge < -0.3 is 4.52 Å². The van der Waals surface area contributed by atoms with E-state index in [-0.39, 0.29) is 5.56 Å². The minimum atomic E-state index is 0.0177. The fourth-order valence-corrected chi connectivity index (χ4v) is 3.90. The third kappa shape index (κ3) is 3.48. The lowest BCUT2D eigenvalue weighted by Gasteiger charge is -2.08. The molecule has 23 heavy (non-hydrogen) atoms. The second kappa shape index (κ2) is 7.27. The van der Waals surface area contributed by atoms with Gasteiger partial charge in [0.05, 0.1) is 11.3 Å². The smallest absolute Gasteiger partial charge is 0.272 e. The molecule has 0 unspecified atom stereocenters. The molecule has 0 bridgehead atoms. The van der Waals surface area contributed by atoms with Crippen LogP contribution in [0.25, 0.3) is 10.2 Å². The summed E-state index contributed by atoms with van der Waals surface area (Å²) in [5, 5.41) is 6.57. The van der Waals surface area contributed by atoms with Crippen molar-refractivity contribution in [3.8, 4) is 0 Å². The molecule has 8 heteroatoms. The molecular weight excluding hydrogens is 332 g/mol. The van der Waals surface area contributed by atoms with E-state index in [1.165, 1.54) is 23.1 Å². The normalized spacial score (nSPS) is 11.4. The van der Waals surface area contributed by atoms with Crippen LogP contribution < -0.4 is 5.56 Å². The van der Waals surface area contributed by atoms with Crippen molar-refractivity contribution >= 4 is 33.3 Å². The van der Waals surface area contributed by atoms with Crippen LogP contribution in [0.1, 0.15) is 38.4 Å². The van der Waals surface area contributed by atoms with E-state index in [2.05, 4.69) is 22.0 Å². The summed E-state index contributed by atoms with van der Waals surface area (Å²) >= 11 is 2.89. The lowest BCUT2D eigenvalue weighted by atomic mass is 10.2. The maximum Gasteiger partial charge on any atom is 0.272 e. The maximum atomic E-state index is 12.4. The first-order valence-corrected chi connectivity index (χ1v) is 9.51. The zero-order valence-corrected chi connectivity index (χ0v) is 14.7. The molecule has 0 saturated heterocycles. The summed E-state index contributed by atoms with van der Waals surface area (Å²) in [6.45, 7) is 4.67. The summed E-state index contributed by atoms with van der Waals surface area (Å²) < 4.78 is 7.66. The quantitative estimate of drug-likeness (QED) is 0.480. The van der Waals surface area contributed by atoms with E-state index in [0.717, 1.165) is 30.6 Å². The SMILES string of the molecule is CCCCc1noc(CSc2nc3ccsc3c(=O)n2CC)n1. The lowest BCUT2D eigenvalue weighted by Crippen LogP contribution is -2.21. The van der Waals surface area contributed by atoms with Crippen LogP contribution >= 0.6 is 23.1 Å². The van der Waals surface area contributed by atoms with Crippen molar-refractivity contribution in [2.75, 3.05) is 0 Å². The molecular formula is C15H18N4O2S2. The maximum absolute atomic E-state index is 12.4. The van der Waals surface area contributed by atoms with Gasteiger partial charge in [-0.25, -0.2) is 4.98 Å². The highest BCUT2D eigenvalue weighted by Crippen LogP contribution is 2.23. The molecule has 0 fully saturated rings. The fraction of sp³-hybridized carbons (Fsp3) is 0.467. The highest BCUT2D eigenvalue weighted by molar-refractivity contribution is 7.98. The van der Waals surface area contributed by atoms with Gasteiger partial charge in [0.25, 0.3) is 5.56 Å². The fourth-order valence-electron chi connectivity index (χ4n) is 2.22. The van der Waals surface area contributed by atoms with Crippen molar-refractivity contribution in [2.24, 2.45) is 0 Å². The van der Waals surface area contributed by atoms with Crippen LogP contribution in [-0.2, 0) is 18.7 Å². The van der Waals surface area contributed by atoms with Gasteiger partial charge in [0, 0.05) is 13.0 Å². The number of hydrogen-bond acceptors (Lipinski definition) is 7.